The fourth-order valence-corrected chi connectivity index (χ4v) is 11.1. The van der Waals surface area contributed by atoms with Crippen LogP contribution in [0, 0.1) is 6.92 Å². The number of hydrogen-bond donors (Lipinski definition) is 0. The van der Waals surface area contributed by atoms with Crippen molar-refractivity contribution in [3.8, 4) is 39.6 Å². The lowest BCUT2D eigenvalue weighted by Crippen LogP contribution is -2.12. The first-order valence-corrected chi connectivity index (χ1v) is 25.7. The van der Waals surface area contributed by atoms with Gasteiger partial charge in [-0.15, -0.1) is 0 Å². The molecule has 0 saturated carbocycles. The summed E-state index contributed by atoms with van der Waals surface area (Å²) in [5.41, 5.74) is 16.3. The van der Waals surface area contributed by atoms with E-state index in [9.17, 15) is 0 Å². The number of nitrogens with zero attached hydrogens (tertiary/aromatic N) is 8. The quantitative estimate of drug-likeness (QED) is 0.118. The minimum Gasteiger partial charge on any atom is -0.457 e. The summed E-state index contributed by atoms with van der Waals surface area (Å²) in [5, 5.41) is 3.13. The maximum absolute atomic E-state index is 7.11. The van der Waals surface area contributed by atoms with E-state index in [0.717, 1.165) is 117 Å². The smallest absolute Gasteiger partial charge is 0.221 e. The zero-order valence-corrected chi connectivity index (χ0v) is 42.4. The number of imidazole rings is 2. The van der Waals surface area contributed by atoms with Gasteiger partial charge < -0.3 is 4.74 Å². The van der Waals surface area contributed by atoms with Gasteiger partial charge in [-0.2, -0.15) is 0 Å². The maximum atomic E-state index is 7.11. The van der Waals surface area contributed by atoms with Gasteiger partial charge in [0.1, 0.15) is 29.3 Å². The second-order valence-electron chi connectivity index (χ2n) is 20.5. The van der Waals surface area contributed by atoms with Crippen LogP contribution in [0.5, 0.6) is 11.5 Å². The standard InChI is InChI=1S/C67H50N8O/c1-43-19-17-32-59-64(43)72(42-69-63-49(44-20-7-5-8-21-44)25-18-26-50(63)45-22-9-6-10-23-45)60-40-47(34-36-53(60)65-70-54-27-12-16-31-58(54)75(65)66-71-55-28-13-15-30-57(55)74(59)66)76-48-33-35-52-51-24-11-14-29-56(51)73(61(52)41-48)62-39-46(37-38-68-62)67(2,3)4/h5-42H,1-4H3. The second-order valence-corrected chi connectivity index (χ2v) is 20.5. The van der Waals surface area contributed by atoms with Crippen molar-refractivity contribution in [2.24, 2.45) is 4.99 Å². The molecule has 9 heteroatoms. The monoisotopic (exact) mass is 982 g/mol. The van der Waals surface area contributed by atoms with Gasteiger partial charge in [-0.1, -0.05) is 154 Å². The molecule has 0 spiro atoms. The highest BCUT2D eigenvalue weighted by Gasteiger charge is 2.21. The van der Waals surface area contributed by atoms with E-state index in [2.05, 4.69) is 246 Å². The molecule has 9 nitrogen and oxygen atoms in total. The molecule has 0 aliphatic carbocycles. The van der Waals surface area contributed by atoms with E-state index in [1.807, 2.05) is 30.7 Å². The molecule has 5 heterocycles. The summed E-state index contributed by atoms with van der Waals surface area (Å²) in [5.74, 6) is 2.92. The minimum absolute atomic E-state index is 0.0564. The number of rotatable bonds is 7. The van der Waals surface area contributed by atoms with Crippen molar-refractivity contribution >= 4 is 89.3 Å². The molecule has 0 N–H and O–H groups in total. The molecule has 14 aromatic rings. The number of benzene rings is 9. The topological polar surface area (TPSA) is 78.9 Å². The predicted molar refractivity (Wildman–Crippen MR) is 313 cm³/mol. The lowest BCUT2D eigenvalue weighted by atomic mass is 9.88. The number of aryl methyl sites for hydroxylation is 1. The summed E-state index contributed by atoms with van der Waals surface area (Å²) in [6, 6.07) is 76.0. The van der Waals surface area contributed by atoms with Crippen LogP contribution in [0.3, 0.4) is 0 Å². The minimum atomic E-state index is -0.0564. The average molecular weight is 983 g/mol. The summed E-state index contributed by atoms with van der Waals surface area (Å²) in [6.45, 7) is 8.87. The Hall–Kier alpha value is -9.86. The third-order valence-electron chi connectivity index (χ3n) is 14.7. The lowest BCUT2D eigenvalue weighted by molar-refractivity contribution is 0.484. The Labute approximate surface area is 438 Å². The van der Waals surface area contributed by atoms with E-state index in [4.69, 9.17) is 24.7 Å². The number of pyridine rings is 1. The Morgan fingerprint density at radius 1 is 0.487 bits per heavy atom. The van der Waals surface area contributed by atoms with Crippen molar-refractivity contribution in [2.45, 2.75) is 33.1 Å². The number of fused-ring (bicyclic) bond motifs is 14. The van der Waals surface area contributed by atoms with Gasteiger partial charge in [0.15, 0.2) is 0 Å². The lowest BCUT2D eigenvalue weighted by Gasteiger charge is -2.20. The summed E-state index contributed by atoms with van der Waals surface area (Å²) >= 11 is 0. The molecule has 9 aromatic carbocycles. The van der Waals surface area contributed by atoms with Gasteiger partial charge in [0.2, 0.25) is 5.78 Å². The Balaban J connectivity index is 1.08. The van der Waals surface area contributed by atoms with Crippen molar-refractivity contribution in [3.05, 3.63) is 236 Å². The molecule has 0 unspecified atom stereocenters. The highest BCUT2D eigenvalue weighted by molar-refractivity contribution is 6.10. The molecular formula is C67H50N8O. The van der Waals surface area contributed by atoms with Gasteiger partial charge in [-0.25, -0.2) is 19.9 Å². The Morgan fingerprint density at radius 3 is 1.78 bits per heavy atom. The molecule has 0 radical (unpaired) electrons. The van der Waals surface area contributed by atoms with E-state index in [-0.39, 0.29) is 5.41 Å². The number of hydrogen-bond acceptors (Lipinski definition) is 5. The highest BCUT2D eigenvalue weighted by atomic mass is 16.5. The Bertz CT molecular complexity index is 4670. The van der Waals surface area contributed by atoms with E-state index >= 15 is 0 Å². The van der Waals surface area contributed by atoms with Gasteiger partial charge in [-0.3, -0.25) is 17.9 Å². The number of aliphatic imine (C=N–C) groups is 1. The van der Waals surface area contributed by atoms with Crippen molar-refractivity contribution in [1.82, 2.24) is 32.9 Å². The fourth-order valence-electron chi connectivity index (χ4n) is 11.1. The molecule has 0 saturated heterocycles. The Kier molecular flexibility index (Phi) is 10.4. The molecule has 14 rings (SSSR count). The van der Waals surface area contributed by atoms with Crippen molar-refractivity contribution in [3.63, 3.8) is 0 Å². The third kappa shape index (κ3) is 7.38. The predicted octanol–water partition coefficient (Wildman–Crippen LogP) is 17.0. The average Bonchev–Trinajstić information content (AvgIpc) is 4.14. The van der Waals surface area contributed by atoms with Crippen LogP contribution >= 0.6 is 0 Å². The molecule has 0 atom stereocenters. The first-order chi connectivity index (χ1) is 37.2. The van der Waals surface area contributed by atoms with Gasteiger partial charge >= 0.3 is 0 Å². The van der Waals surface area contributed by atoms with E-state index in [1.165, 1.54) is 5.56 Å². The first-order valence-electron chi connectivity index (χ1n) is 25.7. The summed E-state index contributed by atoms with van der Waals surface area (Å²) in [4.78, 5) is 21.5. The molecule has 0 bridgehead atoms. The molecular weight excluding hydrogens is 933 g/mol. The van der Waals surface area contributed by atoms with Crippen LogP contribution < -0.4 is 4.74 Å². The molecule has 0 amide bonds. The van der Waals surface area contributed by atoms with Gasteiger partial charge in [0.05, 0.1) is 55.3 Å². The summed E-state index contributed by atoms with van der Waals surface area (Å²) in [7, 11) is 0. The van der Waals surface area contributed by atoms with Gasteiger partial charge in [-0.05, 0) is 107 Å². The SMILES string of the molecule is Cc1cccc2c1n(C=Nc1c(-c3ccccc3)cccc1-c1ccccc1)c1cc(Oc3ccc4c5ccccc5n(-c5cc(C(C)(C)C)ccn5)c4c3)ccc1c1nc3ccccc3n1c1nc3ccccc3n21. The maximum Gasteiger partial charge on any atom is 0.221 e. The van der Waals surface area contributed by atoms with E-state index < -0.39 is 0 Å². The van der Waals surface area contributed by atoms with Gasteiger partial charge in [0, 0.05) is 45.6 Å². The van der Waals surface area contributed by atoms with Crippen LogP contribution in [0.4, 0.5) is 5.69 Å². The zero-order chi connectivity index (χ0) is 51.1. The molecule has 0 aliphatic heterocycles. The number of ether oxygens (including phenoxy) is 1. The molecule has 76 heavy (non-hydrogen) atoms. The number of aromatic nitrogens is 7. The summed E-state index contributed by atoms with van der Waals surface area (Å²) < 4.78 is 16.1. The van der Waals surface area contributed by atoms with Crippen LogP contribution in [0.15, 0.2) is 230 Å². The van der Waals surface area contributed by atoms with Crippen molar-refractivity contribution in [1.29, 1.82) is 0 Å². The van der Waals surface area contributed by atoms with Crippen LogP contribution in [0.25, 0.3) is 105 Å². The largest absolute Gasteiger partial charge is 0.457 e. The van der Waals surface area contributed by atoms with Crippen LogP contribution in [0.2, 0.25) is 0 Å². The highest BCUT2D eigenvalue weighted by Crippen LogP contribution is 2.41. The third-order valence-corrected chi connectivity index (χ3v) is 14.7. The van der Waals surface area contributed by atoms with E-state index in [0.29, 0.717) is 11.5 Å². The Morgan fingerprint density at radius 2 is 1.07 bits per heavy atom. The first kappa shape index (κ1) is 44.8. The van der Waals surface area contributed by atoms with Gasteiger partial charge in [0.25, 0.3) is 0 Å². The van der Waals surface area contributed by atoms with Crippen LogP contribution in [-0.2, 0) is 5.41 Å². The zero-order valence-electron chi connectivity index (χ0n) is 42.4. The molecule has 0 fully saturated rings. The van der Waals surface area contributed by atoms with E-state index in [1.54, 1.807) is 0 Å². The van der Waals surface area contributed by atoms with Crippen molar-refractivity contribution in [2.75, 3.05) is 0 Å². The van der Waals surface area contributed by atoms with Crippen LogP contribution in [0.1, 0.15) is 31.9 Å². The van der Waals surface area contributed by atoms with Crippen LogP contribution in [-0.4, -0.2) is 39.2 Å². The molecule has 364 valence electrons. The second kappa shape index (κ2) is 17.7. The normalized spacial score (nSPS) is 12.2. The fraction of sp³-hybridized carbons (Fsp3) is 0.0746. The van der Waals surface area contributed by atoms with Crippen molar-refractivity contribution < 1.29 is 4.74 Å². The number of para-hydroxylation sites is 7. The molecule has 5 aromatic heterocycles. The summed E-state index contributed by atoms with van der Waals surface area (Å²) in [6.07, 6.45) is 3.90. The molecule has 0 aliphatic rings.